The van der Waals surface area contributed by atoms with Gasteiger partial charge in [-0.1, -0.05) is 28.9 Å². The third-order valence-electron chi connectivity index (χ3n) is 3.65. The highest BCUT2D eigenvalue weighted by Crippen LogP contribution is 2.24. The van der Waals surface area contributed by atoms with Gasteiger partial charge in [-0.05, 0) is 43.5 Å². The smallest absolute Gasteiger partial charge is 0.124 e. The van der Waals surface area contributed by atoms with Crippen LogP contribution in [0, 0.1) is 11.7 Å². The molecule has 1 heterocycles. The molecule has 0 aliphatic carbocycles. The lowest BCUT2D eigenvalue weighted by molar-refractivity contribution is 0.176. The third kappa shape index (κ3) is 4.26. The summed E-state index contributed by atoms with van der Waals surface area (Å²) in [6.45, 7) is 4.88. The molecule has 1 N–H and O–H groups in total. The largest absolute Gasteiger partial charge is 0.381 e. The van der Waals surface area contributed by atoms with Crippen molar-refractivity contribution in [2.45, 2.75) is 32.2 Å². The van der Waals surface area contributed by atoms with Crippen molar-refractivity contribution >= 4 is 15.9 Å². The summed E-state index contributed by atoms with van der Waals surface area (Å²) in [4.78, 5) is 0. The van der Waals surface area contributed by atoms with Crippen LogP contribution in [-0.4, -0.2) is 25.8 Å². The van der Waals surface area contributed by atoms with E-state index < -0.39 is 0 Å². The van der Waals surface area contributed by atoms with Crippen LogP contribution in [0.15, 0.2) is 22.7 Å². The quantitative estimate of drug-likeness (QED) is 0.861. The molecule has 1 aliphatic heterocycles. The first kappa shape index (κ1) is 14.9. The highest BCUT2D eigenvalue weighted by molar-refractivity contribution is 9.10. The molecule has 1 aromatic carbocycles. The number of nitrogens with one attached hydrogen (secondary N) is 1. The van der Waals surface area contributed by atoms with Crippen LogP contribution in [0.2, 0.25) is 0 Å². The summed E-state index contributed by atoms with van der Waals surface area (Å²) in [6.07, 6.45) is 3.14. The van der Waals surface area contributed by atoms with E-state index in [2.05, 4.69) is 28.2 Å². The van der Waals surface area contributed by atoms with Gasteiger partial charge in [0.05, 0.1) is 6.61 Å². The fourth-order valence-corrected chi connectivity index (χ4v) is 3.04. The molecule has 0 bridgehead atoms. The molecule has 2 atom stereocenters. The Kier molecular flexibility index (Phi) is 5.79. The molecule has 0 radical (unpaired) electrons. The second-order valence-electron chi connectivity index (χ2n) is 5.12. The fourth-order valence-electron chi connectivity index (χ4n) is 2.53. The Hall–Kier alpha value is -0.450. The first-order valence-corrected chi connectivity index (χ1v) is 7.75. The van der Waals surface area contributed by atoms with Crippen molar-refractivity contribution in [3.05, 3.63) is 34.1 Å². The maximum absolute atomic E-state index is 13.1. The summed E-state index contributed by atoms with van der Waals surface area (Å²) in [5.74, 6) is 0.362. The monoisotopic (exact) mass is 329 g/mol. The Morgan fingerprint density at radius 1 is 1.53 bits per heavy atom. The second kappa shape index (κ2) is 7.36. The van der Waals surface area contributed by atoms with Crippen LogP contribution >= 0.6 is 15.9 Å². The SMILES string of the molecule is CCCNC(Cc1ccc(F)cc1Br)C1CCOC1. The minimum atomic E-state index is -0.196. The van der Waals surface area contributed by atoms with E-state index in [0.717, 1.165) is 49.1 Å². The predicted molar refractivity (Wildman–Crippen MR) is 78.8 cm³/mol. The van der Waals surface area contributed by atoms with Crippen LogP contribution in [-0.2, 0) is 11.2 Å². The highest BCUT2D eigenvalue weighted by Gasteiger charge is 2.25. The van der Waals surface area contributed by atoms with E-state index in [9.17, 15) is 4.39 Å². The lowest BCUT2D eigenvalue weighted by atomic mass is 9.92. The van der Waals surface area contributed by atoms with E-state index >= 15 is 0 Å². The zero-order chi connectivity index (χ0) is 13.7. The molecule has 1 aromatic rings. The van der Waals surface area contributed by atoms with Gasteiger partial charge in [0, 0.05) is 23.0 Å². The summed E-state index contributed by atoms with van der Waals surface area (Å²) in [5, 5.41) is 3.61. The lowest BCUT2D eigenvalue weighted by Gasteiger charge is -2.24. The summed E-state index contributed by atoms with van der Waals surface area (Å²) >= 11 is 3.45. The van der Waals surface area contributed by atoms with Crippen LogP contribution in [0.5, 0.6) is 0 Å². The van der Waals surface area contributed by atoms with E-state index in [1.54, 1.807) is 0 Å². The van der Waals surface area contributed by atoms with E-state index in [1.807, 2.05) is 6.07 Å². The zero-order valence-corrected chi connectivity index (χ0v) is 12.9. The highest BCUT2D eigenvalue weighted by atomic mass is 79.9. The molecule has 2 rings (SSSR count). The maximum atomic E-state index is 13.1. The topological polar surface area (TPSA) is 21.3 Å². The number of ether oxygens (including phenoxy) is 1. The Balaban J connectivity index is 2.05. The summed E-state index contributed by atoms with van der Waals surface area (Å²) in [6, 6.07) is 5.35. The van der Waals surface area contributed by atoms with Gasteiger partial charge >= 0.3 is 0 Å². The third-order valence-corrected chi connectivity index (χ3v) is 4.38. The number of halogens is 2. The predicted octanol–water partition coefficient (Wildman–Crippen LogP) is 3.54. The molecule has 2 nitrogen and oxygen atoms in total. The number of hydrogen-bond donors (Lipinski definition) is 1. The molecule has 19 heavy (non-hydrogen) atoms. The molecule has 106 valence electrons. The van der Waals surface area contributed by atoms with Gasteiger partial charge in [-0.2, -0.15) is 0 Å². The molecular formula is C15H21BrFNO. The average molecular weight is 330 g/mol. The van der Waals surface area contributed by atoms with Crippen molar-refractivity contribution in [2.75, 3.05) is 19.8 Å². The van der Waals surface area contributed by atoms with Gasteiger partial charge in [-0.3, -0.25) is 0 Å². The van der Waals surface area contributed by atoms with Crippen LogP contribution in [0.25, 0.3) is 0 Å². The summed E-state index contributed by atoms with van der Waals surface area (Å²) < 4.78 is 19.5. The molecule has 0 amide bonds. The molecule has 2 unspecified atom stereocenters. The second-order valence-corrected chi connectivity index (χ2v) is 5.98. The Morgan fingerprint density at radius 3 is 3.00 bits per heavy atom. The van der Waals surface area contributed by atoms with Gasteiger partial charge < -0.3 is 10.1 Å². The first-order valence-electron chi connectivity index (χ1n) is 6.95. The normalized spacial score (nSPS) is 20.7. The molecule has 1 aliphatic rings. The molecule has 1 fully saturated rings. The maximum Gasteiger partial charge on any atom is 0.124 e. The van der Waals surface area contributed by atoms with Gasteiger partial charge in [0.1, 0.15) is 5.82 Å². The van der Waals surface area contributed by atoms with E-state index in [-0.39, 0.29) is 5.82 Å². The van der Waals surface area contributed by atoms with Gasteiger partial charge in [0.15, 0.2) is 0 Å². The molecule has 1 saturated heterocycles. The molecule has 0 aromatic heterocycles. The fraction of sp³-hybridized carbons (Fsp3) is 0.600. The minimum Gasteiger partial charge on any atom is -0.381 e. The van der Waals surface area contributed by atoms with Crippen LogP contribution in [0.1, 0.15) is 25.3 Å². The standard InChI is InChI=1S/C15H21BrFNO/c1-2-6-18-15(12-5-7-19-10-12)8-11-3-4-13(17)9-14(11)16/h3-4,9,12,15,18H,2,5-8,10H2,1H3. The van der Waals surface area contributed by atoms with E-state index in [0.29, 0.717) is 12.0 Å². The zero-order valence-electron chi connectivity index (χ0n) is 11.3. The minimum absolute atomic E-state index is 0.196. The molecule has 0 saturated carbocycles. The lowest BCUT2D eigenvalue weighted by Crippen LogP contribution is -2.39. The van der Waals surface area contributed by atoms with E-state index in [4.69, 9.17) is 4.74 Å². The first-order chi connectivity index (χ1) is 9.20. The van der Waals surface area contributed by atoms with Gasteiger partial charge in [0.25, 0.3) is 0 Å². The van der Waals surface area contributed by atoms with Crippen molar-refractivity contribution in [1.29, 1.82) is 0 Å². The van der Waals surface area contributed by atoms with Crippen molar-refractivity contribution in [2.24, 2.45) is 5.92 Å². The van der Waals surface area contributed by atoms with Crippen molar-refractivity contribution < 1.29 is 9.13 Å². The average Bonchev–Trinajstić information content (AvgIpc) is 2.90. The van der Waals surface area contributed by atoms with Gasteiger partial charge in [-0.15, -0.1) is 0 Å². The van der Waals surface area contributed by atoms with Crippen molar-refractivity contribution in [1.82, 2.24) is 5.32 Å². The van der Waals surface area contributed by atoms with Crippen LogP contribution in [0.4, 0.5) is 4.39 Å². The van der Waals surface area contributed by atoms with Crippen LogP contribution in [0.3, 0.4) is 0 Å². The number of hydrogen-bond acceptors (Lipinski definition) is 2. The Morgan fingerprint density at radius 2 is 2.37 bits per heavy atom. The summed E-state index contributed by atoms with van der Waals surface area (Å²) in [7, 11) is 0. The molecular weight excluding hydrogens is 309 g/mol. The van der Waals surface area contributed by atoms with Gasteiger partial charge in [0.2, 0.25) is 0 Å². The number of benzene rings is 1. The molecule has 4 heteroatoms. The molecule has 0 spiro atoms. The van der Waals surface area contributed by atoms with Crippen molar-refractivity contribution in [3.8, 4) is 0 Å². The van der Waals surface area contributed by atoms with Gasteiger partial charge in [-0.25, -0.2) is 4.39 Å². The van der Waals surface area contributed by atoms with E-state index in [1.165, 1.54) is 12.1 Å². The Labute approximate surface area is 122 Å². The number of rotatable bonds is 6. The van der Waals surface area contributed by atoms with Crippen molar-refractivity contribution in [3.63, 3.8) is 0 Å². The van der Waals surface area contributed by atoms with Crippen LogP contribution < -0.4 is 5.32 Å². The summed E-state index contributed by atoms with van der Waals surface area (Å²) in [5.41, 5.74) is 1.15. The Bertz CT molecular complexity index is 407.